The zero-order valence-electron chi connectivity index (χ0n) is 8.94. The van der Waals surface area contributed by atoms with Crippen molar-refractivity contribution in [3.05, 3.63) is 28.2 Å². The molecule has 0 aromatic heterocycles. The van der Waals surface area contributed by atoms with E-state index in [0.29, 0.717) is 16.9 Å². The quantitative estimate of drug-likeness (QED) is 0.836. The summed E-state index contributed by atoms with van der Waals surface area (Å²) in [5.74, 6) is 0. The number of nitriles is 1. The Morgan fingerprint density at radius 3 is 2.94 bits per heavy atom. The number of nitrogens with zero attached hydrogens (tertiary/aromatic N) is 1. The molecule has 1 aliphatic rings. The van der Waals surface area contributed by atoms with Gasteiger partial charge in [0.05, 0.1) is 17.7 Å². The number of benzene rings is 1. The fourth-order valence-corrected chi connectivity index (χ4v) is 3.61. The fraction of sp³-hybridized carbons (Fsp3) is 0.417. The number of thioether (sulfide) groups is 1. The third-order valence-corrected chi connectivity index (χ3v) is 4.48. The van der Waals surface area contributed by atoms with Gasteiger partial charge in [-0.15, -0.1) is 11.8 Å². The van der Waals surface area contributed by atoms with Gasteiger partial charge in [-0.2, -0.15) is 5.26 Å². The van der Waals surface area contributed by atoms with Gasteiger partial charge in [0.1, 0.15) is 0 Å². The SMILES string of the molecule is CC1OCCC1Sc1cc(Br)cc(C#N)c1. The van der Waals surface area contributed by atoms with E-state index < -0.39 is 0 Å². The summed E-state index contributed by atoms with van der Waals surface area (Å²) < 4.78 is 6.49. The lowest BCUT2D eigenvalue weighted by atomic mass is 10.2. The third kappa shape index (κ3) is 2.79. The molecule has 1 aromatic carbocycles. The molecule has 0 saturated carbocycles. The molecule has 16 heavy (non-hydrogen) atoms. The van der Waals surface area contributed by atoms with E-state index in [9.17, 15) is 0 Å². The molecule has 0 aliphatic carbocycles. The van der Waals surface area contributed by atoms with Crippen molar-refractivity contribution in [1.29, 1.82) is 5.26 Å². The Balaban J connectivity index is 2.15. The largest absolute Gasteiger partial charge is 0.377 e. The first-order chi connectivity index (χ1) is 7.69. The number of halogens is 1. The molecule has 84 valence electrons. The first-order valence-corrected chi connectivity index (χ1v) is 6.85. The summed E-state index contributed by atoms with van der Waals surface area (Å²) in [5, 5.41) is 9.40. The van der Waals surface area contributed by atoms with Crippen LogP contribution < -0.4 is 0 Å². The maximum Gasteiger partial charge on any atom is 0.0992 e. The van der Waals surface area contributed by atoms with Gasteiger partial charge in [0.2, 0.25) is 0 Å². The van der Waals surface area contributed by atoms with E-state index in [1.807, 2.05) is 12.1 Å². The van der Waals surface area contributed by atoms with E-state index in [0.717, 1.165) is 22.4 Å². The van der Waals surface area contributed by atoms with Crippen molar-refractivity contribution in [3.63, 3.8) is 0 Å². The molecule has 0 amide bonds. The van der Waals surface area contributed by atoms with E-state index in [4.69, 9.17) is 10.00 Å². The van der Waals surface area contributed by atoms with Crippen LogP contribution >= 0.6 is 27.7 Å². The van der Waals surface area contributed by atoms with Crippen molar-refractivity contribution in [2.24, 2.45) is 0 Å². The van der Waals surface area contributed by atoms with Gasteiger partial charge >= 0.3 is 0 Å². The first kappa shape index (κ1) is 12.0. The van der Waals surface area contributed by atoms with Crippen LogP contribution in [0.25, 0.3) is 0 Å². The molecule has 2 rings (SSSR count). The Morgan fingerprint density at radius 2 is 2.31 bits per heavy atom. The van der Waals surface area contributed by atoms with Crippen molar-refractivity contribution < 1.29 is 4.74 Å². The van der Waals surface area contributed by atoms with Crippen LogP contribution in [0.2, 0.25) is 0 Å². The molecule has 1 aliphatic heterocycles. The lowest BCUT2D eigenvalue weighted by Gasteiger charge is -2.13. The van der Waals surface area contributed by atoms with Gasteiger partial charge in [-0.3, -0.25) is 0 Å². The summed E-state index contributed by atoms with van der Waals surface area (Å²) in [6, 6.07) is 7.98. The monoisotopic (exact) mass is 297 g/mol. The van der Waals surface area contributed by atoms with E-state index >= 15 is 0 Å². The van der Waals surface area contributed by atoms with Crippen LogP contribution in [0, 0.1) is 11.3 Å². The van der Waals surface area contributed by atoms with Crippen molar-refractivity contribution in [1.82, 2.24) is 0 Å². The van der Waals surface area contributed by atoms with Crippen molar-refractivity contribution in [2.75, 3.05) is 6.61 Å². The zero-order chi connectivity index (χ0) is 11.5. The molecule has 0 bridgehead atoms. The van der Waals surface area contributed by atoms with E-state index in [1.165, 1.54) is 0 Å². The van der Waals surface area contributed by atoms with Crippen molar-refractivity contribution in [2.45, 2.75) is 29.6 Å². The van der Waals surface area contributed by atoms with Crippen molar-refractivity contribution in [3.8, 4) is 6.07 Å². The number of hydrogen-bond donors (Lipinski definition) is 0. The Labute approximate surface area is 108 Å². The van der Waals surface area contributed by atoms with Crippen LogP contribution in [0.4, 0.5) is 0 Å². The number of rotatable bonds is 2. The number of hydrogen-bond acceptors (Lipinski definition) is 3. The van der Waals surface area contributed by atoms with Crippen LogP contribution in [-0.2, 0) is 4.74 Å². The molecular formula is C12H12BrNOS. The summed E-state index contributed by atoms with van der Waals surface area (Å²) in [5.41, 5.74) is 0.698. The zero-order valence-corrected chi connectivity index (χ0v) is 11.3. The third-order valence-electron chi connectivity index (χ3n) is 2.59. The summed E-state index contributed by atoms with van der Waals surface area (Å²) in [6.07, 6.45) is 1.38. The van der Waals surface area contributed by atoms with Crippen LogP contribution in [0.15, 0.2) is 27.6 Å². The lowest BCUT2D eigenvalue weighted by molar-refractivity contribution is 0.127. The van der Waals surface area contributed by atoms with E-state index in [-0.39, 0.29) is 0 Å². The Kier molecular flexibility index (Phi) is 3.91. The van der Waals surface area contributed by atoms with Crippen molar-refractivity contribution >= 4 is 27.7 Å². The predicted octanol–water partition coefficient (Wildman–Crippen LogP) is 3.59. The molecule has 0 N–H and O–H groups in total. The van der Waals surface area contributed by atoms with Gasteiger partial charge < -0.3 is 4.74 Å². The second-order valence-corrected chi connectivity index (χ2v) is 6.04. The van der Waals surface area contributed by atoms with Gasteiger partial charge in [0.15, 0.2) is 0 Å². The average Bonchev–Trinajstić information content (AvgIpc) is 2.63. The summed E-state index contributed by atoms with van der Waals surface area (Å²) in [6.45, 7) is 2.95. The molecular weight excluding hydrogens is 286 g/mol. The first-order valence-electron chi connectivity index (χ1n) is 5.18. The van der Waals surface area contributed by atoms with Crippen LogP contribution in [0.5, 0.6) is 0 Å². The highest BCUT2D eigenvalue weighted by Gasteiger charge is 2.25. The highest BCUT2D eigenvalue weighted by molar-refractivity contribution is 9.10. The molecule has 4 heteroatoms. The van der Waals surface area contributed by atoms with Gasteiger partial charge in [0, 0.05) is 21.2 Å². The normalized spacial score (nSPS) is 24.3. The highest BCUT2D eigenvalue weighted by atomic mass is 79.9. The Morgan fingerprint density at radius 1 is 1.50 bits per heavy atom. The molecule has 2 nitrogen and oxygen atoms in total. The van der Waals surface area contributed by atoms with Gasteiger partial charge in [-0.25, -0.2) is 0 Å². The molecule has 0 spiro atoms. The smallest absolute Gasteiger partial charge is 0.0992 e. The van der Waals surface area contributed by atoms with Gasteiger partial charge in [-0.05, 0) is 31.5 Å². The molecule has 2 unspecified atom stereocenters. The molecule has 1 heterocycles. The fourth-order valence-electron chi connectivity index (χ4n) is 1.74. The minimum atomic E-state index is 0.300. The minimum Gasteiger partial charge on any atom is -0.377 e. The molecule has 1 aromatic rings. The Hall–Kier alpha value is -0.500. The highest BCUT2D eigenvalue weighted by Crippen LogP contribution is 2.34. The maximum absolute atomic E-state index is 8.89. The van der Waals surface area contributed by atoms with Gasteiger partial charge in [-0.1, -0.05) is 15.9 Å². The average molecular weight is 298 g/mol. The van der Waals surface area contributed by atoms with Crippen LogP contribution in [-0.4, -0.2) is 18.0 Å². The molecule has 0 radical (unpaired) electrons. The lowest BCUT2D eigenvalue weighted by Crippen LogP contribution is -2.12. The summed E-state index contributed by atoms with van der Waals surface area (Å²) in [7, 11) is 0. The maximum atomic E-state index is 8.89. The molecule has 1 saturated heterocycles. The molecule has 1 fully saturated rings. The Bertz CT molecular complexity index is 430. The minimum absolute atomic E-state index is 0.300. The summed E-state index contributed by atoms with van der Waals surface area (Å²) >= 11 is 5.22. The number of ether oxygens (including phenoxy) is 1. The second-order valence-electron chi connectivity index (χ2n) is 3.81. The van der Waals surface area contributed by atoms with E-state index in [1.54, 1.807) is 11.8 Å². The second kappa shape index (κ2) is 5.22. The van der Waals surface area contributed by atoms with E-state index in [2.05, 4.69) is 35.0 Å². The molecule has 2 atom stereocenters. The van der Waals surface area contributed by atoms with Gasteiger partial charge in [0.25, 0.3) is 0 Å². The summed E-state index contributed by atoms with van der Waals surface area (Å²) in [4.78, 5) is 1.13. The topological polar surface area (TPSA) is 33.0 Å². The standard InChI is InChI=1S/C12H12BrNOS/c1-8-12(2-3-15-8)16-11-5-9(7-14)4-10(13)6-11/h4-6,8,12H,2-3H2,1H3. The predicted molar refractivity (Wildman–Crippen MR) is 68.5 cm³/mol. The van der Waals surface area contributed by atoms with Crippen LogP contribution in [0.3, 0.4) is 0 Å². The van der Waals surface area contributed by atoms with Crippen LogP contribution in [0.1, 0.15) is 18.9 Å².